The van der Waals surface area contributed by atoms with Crippen LogP contribution in [0.2, 0.25) is 0 Å². The number of thioether (sulfide) groups is 1. The highest BCUT2D eigenvalue weighted by Crippen LogP contribution is 2.19. The molecule has 64 valence electrons. The summed E-state index contributed by atoms with van der Waals surface area (Å²) in [5, 5.41) is 12.6. The number of nitrogens with zero attached hydrogens (tertiary/aromatic N) is 2. The van der Waals surface area contributed by atoms with Crippen LogP contribution in [0.15, 0.2) is 6.07 Å². The third-order valence-electron chi connectivity index (χ3n) is 1.78. The fraction of sp³-hybridized carbons (Fsp3) is 0.429. The van der Waals surface area contributed by atoms with Gasteiger partial charge in [-0.05, 0) is 6.07 Å². The van der Waals surface area contributed by atoms with Gasteiger partial charge in [-0.25, -0.2) is 4.79 Å². The van der Waals surface area contributed by atoms with Crippen LogP contribution in [0.4, 0.5) is 0 Å². The van der Waals surface area contributed by atoms with Gasteiger partial charge in [0.05, 0.1) is 6.54 Å². The van der Waals surface area contributed by atoms with E-state index in [2.05, 4.69) is 5.10 Å². The van der Waals surface area contributed by atoms with Crippen LogP contribution in [0.1, 0.15) is 16.2 Å². The summed E-state index contributed by atoms with van der Waals surface area (Å²) in [6, 6.07) is 1.65. The summed E-state index contributed by atoms with van der Waals surface area (Å²) in [7, 11) is 0. The van der Waals surface area contributed by atoms with Crippen molar-refractivity contribution in [3.8, 4) is 0 Å². The molecule has 0 aromatic carbocycles. The molecule has 1 aromatic rings. The third-order valence-corrected chi connectivity index (χ3v) is 2.75. The van der Waals surface area contributed by atoms with E-state index in [4.69, 9.17) is 5.11 Å². The number of carbonyl (C=O) groups is 1. The molecule has 12 heavy (non-hydrogen) atoms. The Morgan fingerprint density at radius 1 is 1.75 bits per heavy atom. The molecule has 0 spiro atoms. The number of hydrogen-bond donors (Lipinski definition) is 1. The summed E-state index contributed by atoms with van der Waals surface area (Å²) in [6.07, 6.45) is 0. The highest BCUT2D eigenvalue weighted by atomic mass is 32.2. The van der Waals surface area contributed by atoms with Gasteiger partial charge in [0.25, 0.3) is 0 Å². The van der Waals surface area contributed by atoms with Crippen LogP contribution >= 0.6 is 11.8 Å². The molecule has 2 heterocycles. The zero-order valence-corrected chi connectivity index (χ0v) is 7.17. The van der Waals surface area contributed by atoms with Crippen molar-refractivity contribution < 1.29 is 9.90 Å². The second-order valence-corrected chi connectivity index (χ2v) is 3.71. The second kappa shape index (κ2) is 2.82. The van der Waals surface area contributed by atoms with Gasteiger partial charge < -0.3 is 5.11 Å². The minimum Gasteiger partial charge on any atom is -0.476 e. The van der Waals surface area contributed by atoms with Gasteiger partial charge in [-0.3, -0.25) is 4.68 Å². The largest absolute Gasteiger partial charge is 0.476 e. The number of carboxylic acids is 1. The SMILES string of the molecule is O=C(O)c1cc2n(n1)CCSC2. The first-order valence-electron chi connectivity index (χ1n) is 3.65. The van der Waals surface area contributed by atoms with Crippen molar-refractivity contribution in [2.24, 2.45) is 0 Å². The Bertz CT molecular complexity index is 298. The predicted molar refractivity (Wildman–Crippen MR) is 45.3 cm³/mol. The fourth-order valence-electron chi connectivity index (χ4n) is 1.20. The first-order valence-corrected chi connectivity index (χ1v) is 4.80. The molecule has 5 heteroatoms. The van der Waals surface area contributed by atoms with E-state index in [1.807, 2.05) is 11.8 Å². The van der Waals surface area contributed by atoms with Crippen LogP contribution in [-0.4, -0.2) is 26.6 Å². The molecule has 0 saturated carbocycles. The van der Waals surface area contributed by atoms with E-state index in [-0.39, 0.29) is 5.69 Å². The molecule has 1 aliphatic rings. The molecule has 1 aliphatic heterocycles. The molecule has 1 N–H and O–H groups in total. The normalized spacial score (nSPS) is 15.7. The Balaban J connectivity index is 2.38. The summed E-state index contributed by atoms with van der Waals surface area (Å²) in [4.78, 5) is 10.5. The fourth-order valence-corrected chi connectivity index (χ4v) is 2.09. The van der Waals surface area contributed by atoms with Crippen molar-refractivity contribution in [2.45, 2.75) is 12.3 Å². The van der Waals surface area contributed by atoms with Crippen molar-refractivity contribution in [1.82, 2.24) is 9.78 Å². The van der Waals surface area contributed by atoms with Crippen LogP contribution < -0.4 is 0 Å². The molecule has 0 fully saturated rings. The second-order valence-electron chi connectivity index (χ2n) is 2.60. The number of hydrogen-bond acceptors (Lipinski definition) is 3. The molecule has 1 aromatic heterocycles. The maximum absolute atomic E-state index is 10.5. The lowest BCUT2D eigenvalue weighted by Gasteiger charge is -2.11. The van der Waals surface area contributed by atoms with E-state index in [0.717, 1.165) is 23.7 Å². The molecule has 0 amide bonds. The Morgan fingerprint density at radius 2 is 2.58 bits per heavy atom. The zero-order chi connectivity index (χ0) is 8.55. The number of aromatic carboxylic acids is 1. The number of carboxylic acid groups (broad SMARTS) is 1. The summed E-state index contributed by atoms with van der Waals surface area (Å²) < 4.78 is 1.78. The zero-order valence-electron chi connectivity index (χ0n) is 6.36. The van der Waals surface area contributed by atoms with Gasteiger partial charge in [0.15, 0.2) is 5.69 Å². The Labute approximate surface area is 73.6 Å². The highest BCUT2D eigenvalue weighted by Gasteiger charge is 2.15. The molecule has 4 nitrogen and oxygen atoms in total. The van der Waals surface area contributed by atoms with Crippen molar-refractivity contribution in [3.63, 3.8) is 0 Å². The van der Waals surface area contributed by atoms with Crippen molar-refractivity contribution in [2.75, 3.05) is 5.75 Å². The number of fused-ring (bicyclic) bond motifs is 1. The lowest BCUT2D eigenvalue weighted by molar-refractivity contribution is 0.0689. The summed E-state index contributed by atoms with van der Waals surface area (Å²) in [5.74, 6) is 0.954. The van der Waals surface area contributed by atoms with Gasteiger partial charge in [-0.2, -0.15) is 16.9 Å². The molecule has 0 radical (unpaired) electrons. The van der Waals surface area contributed by atoms with Gasteiger partial charge in [0.2, 0.25) is 0 Å². The van der Waals surface area contributed by atoms with Crippen LogP contribution in [0.25, 0.3) is 0 Å². The van der Waals surface area contributed by atoms with Gasteiger partial charge >= 0.3 is 5.97 Å². The Morgan fingerprint density at radius 3 is 3.25 bits per heavy atom. The van der Waals surface area contributed by atoms with Crippen molar-refractivity contribution >= 4 is 17.7 Å². The molecule has 0 bridgehead atoms. The monoisotopic (exact) mass is 184 g/mol. The van der Waals surface area contributed by atoms with E-state index in [9.17, 15) is 4.79 Å². The predicted octanol–water partition coefficient (Wildman–Crippen LogP) is 0.828. The highest BCUT2D eigenvalue weighted by molar-refractivity contribution is 7.98. The maximum Gasteiger partial charge on any atom is 0.356 e. The Kier molecular flexibility index (Phi) is 1.80. The lowest BCUT2D eigenvalue weighted by atomic mass is 10.4. The summed E-state index contributed by atoms with van der Waals surface area (Å²) in [5.41, 5.74) is 1.18. The quantitative estimate of drug-likeness (QED) is 0.702. The van der Waals surface area contributed by atoms with Gasteiger partial charge in [-0.15, -0.1) is 0 Å². The molecule has 0 unspecified atom stereocenters. The van der Waals surface area contributed by atoms with E-state index in [1.165, 1.54) is 0 Å². The van der Waals surface area contributed by atoms with E-state index < -0.39 is 5.97 Å². The standard InChI is InChI=1S/C7H8N2O2S/c10-7(11)6-3-5-4-12-2-1-9(5)8-6/h3H,1-2,4H2,(H,10,11). The lowest BCUT2D eigenvalue weighted by Crippen LogP contribution is -2.11. The first-order chi connectivity index (χ1) is 5.77. The van der Waals surface area contributed by atoms with Crippen LogP contribution in [0.5, 0.6) is 0 Å². The number of aromatic nitrogens is 2. The van der Waals surface area contributed by atoms with E-state index in [1.54, 1.807) is 10.7 Å². The molecule has 0 atom stereocenters. The van der Waals surface area contributed by atoms with Gasteiger partial charge in [0, 0.05) is 17.2 Å². The summed E-state index contributed by atoms with van der Waals surface area (Å²) >= 11 is 1.81. The van der Waals surface area contributed by atoms with Crippen molar-refractivity contribution in [1.29, 1.82) is 0 Å². The Hall–Kier alpha value is -0.970. The van der Waals surface area contributed by atoms with Crippen LogP contribution in [0, 0.1) is 0 Å². The van der Waals surface area contributed by atoms with Crippen LogP contribution in [-0.2, 0) is 12.3 Å². The molecule has 0 aliphatic carbocycles. The number of rotatable bonds is 1. The maximum atomic E-state index is 10.5. The topological polar surface area (TPSA) is 55.1 Å². The van der Waals surface area contributed by atoms with Crippen LogP contribution in [0.3, 0.4) is 0 Å². The van der Waals surface area contributed by atoms with Gasteiger partial charge in [0.1, 0.15) is 0 Å². The summed E-state index contributed by atoms with van der Waals surface area (Å²) in [6.45, 7) is 0.827. The van der Waals surface area contributed by atoms with E-state index >= 15 is 0 Å². The average Bonchev–Trinajstić information content (AvgIpc) is 2.46. The minimum absolute atomic E-state index is 0.160. The molecule has 0 saturated heterocycles. The van der Waals surface area contributed by atoms with Gasteiger partial charge in [-0.1, -0.05) is 0 Å². The smallest absolute Gasteiger partial charge is 0.356 e. The van der Waals surface area contributed by atoms with E-state index in [0.29, 0.717) is 0 Å². The minimum atomic E-state index is -0.943. The number of aryl methyl sites for hydroxylation is 1. The van der Waals surface area contributed by atoms with Crippen molar-refractivity contribution in [3.05, 3.63) is 17.5 Å². The molecular weight excluding hydrogens is 176 g/mol. The third kappa shape index (κ3) is 1.20. The molecule has 2 rings (SSSR count). The first kappa shape index (κ1) is 7.67. The average molecular weight is 184 g/mol. The molecular formula is C7H8N2O2S.